The molecule has 4 N–H and O–H groups in total. The second-order valence-corrected chi connectivity index (χ2v) is 9.10. The molecule has 0 saturated heterocycles. The summed E-state index contributed by atoms with van der Waals surface area (Å²) in [5.74, 6) is 0.300. The van der Waals surface area contributed by atoms with Crippen LogP contribution in [0, 0.1) is 0 Å². The highest BCUT2D eigenvalue weighted by Crippen LogP contribution is 2.42. The molecule has 1 aromatic carbocycles. The Morgan fingerprint density at radius 1 is 1.39 bits per heavy atom. The summed E-state index contributed by atoms with van der Waals surface area (Å²) in [4.78, 5) is 12.8. The van der Waals surface area contributed by atoms with Gasteiger partial charge in [0.2, 0.25) is 5.88 Å². The Hall–Kier alpha value is -2.43. The molecule has 2 aromatic rings. The highest BCUT2D eigenvalue weighted by molar-refractivity contribution is 7.91. The van der Waals surface area contributed by atoms with Crippen LogP contribution >= 0.6 is 0 Å². The van der Waals surface area contributed by atoms with E-state index in [0.717, 1.165) is 41.5 Å². The van der Waals surface area contributed by atoms with E-state index in [9.17, 15) is 14.1 Å². The predicted octanol–water partition coefficient (Wildman–Crippen LogP) is 1.68. The van der Waals surface area contributed by atoms with Crippen LogP contribution in [0.4, 0.5) is 10.5 Å². The fraction of sp³-hybridized carbons (Fsp3) is 0.444. The average molecular weight is 403 g/mol. The number of benzene rings is 1. The lowest BCUT2D eigenvalue weighted by Crippen LogP contribution is -2.19. The van der Waals surface area contributed by atoms with Crippen molar-refractivity contribution in [3.05, 3.63) is 34.5 Å². The van der Waals surface area contributed by atoms with Crippen LogP contribution in [0.5, 0.6) is 5.88 Å². The topological polar surface area (TPSA) is 132 Å². The van der Waals surface area contributed by atoms with Gasteiger partial charge in [-0.05, 0) is 54.4 Å². The number of aromatic nitrogens is 2. The molecule has 2 amide bonds. The van der Waals surface area contributed by atoms with Gasteiger partial charge in [-0.25, -0.2) is 18.8 Å². The van der Waals surface area contributed by atoms with Gasteiger partial charge in [0.05, 0.1) is 18.8 Å². The number of ether oxygens (including phenoxy) is 1. The molecule has 9 nitrogen and oxygen atoms in total. The van der Waals surface area contributed by atoms with E-state index >= 15 is 0 Å². The summed E-state index contributed by atoms with van der Waals surface area (Å²) in [6, 6.07) is 1.29. The van der Waals surface area contributed by atoms with E-state index in [0.29, 0.717) is 37.6 Å². The highest BCUT2D eigenvalue weighted by Gasteiger charge is 2.30. The number of urea groups is 1. The molecule has 2 unspecified atom stereocenters. The SMILES string of the molecule is NS(=O)(=NC(=O)Nc1c2c(cc3c1CCC3O)CCC2)c1cnn2c1OCC2. The molecule has 10 heteroatoms. The molecule has 2 atom stereocenters. The van der Waals surface area contributed by atoms with Crippen molar-refractivity contribution in [2.75, 3.05) is 11.9 Å². The first kappa shape index (κ1) is 17.7. The standard InChI is InChI=1S/C18H21N5O4S/c19-28(26,15-9-20-23-6-7-27-17(15)23)22-18(25)21-16-11-3-1-2-10(11)8-13-12(16)4-5-14(13)24/h8-9,14,24H,1-7H2,(H3,19,21,22,25,26). The van der Waals surface area contributed by atoms with Crippen LogP contribution in [0.25, 0.3) is 0 Å². The first-order valence-corrected chi connectivity index (χ1v) is 10.9. The van der Waals surface area contributed by atoms with E-state index in [1.54, 1.807) is 4.68 Å². The number of hydrogen-bond donors (Lipinski definition) is 3. The van der Waals surface area contributed by atoms with E-state index < -0.39 is 22.1 Å². The summed E-state index contributed by atoms with van der Waals surface area (Å²) >= 11 is 0. The monoisotopic (exact) mass is 403 g/mol. The van der Waals surface area contributed by atoms with Crippen molar-refractivity contribution in [3.63, 3.8) is 0 Å². The Labute approximate surface area is 162 Å². The molecule has 5 rings (SSSR count). The van der Waals surface area contributed by atoms with Gasteiger partial charge in [-0.3, -0.25) is 0 Å². The minimum atomic E-state index is -3.50. The molecule has 1 aliphatic heterocycles. The number of anilines is 1. The van der Waals surface area contributed by atoms with Crippen LogP contribution < -0.4 is 15.2 Å². The zero-order chi connectivity index (χ0) is 19.5. The van der Waals surface area contributed by atoms with E-state index in [2.05, 4.69) is 20.8 Å². The number of nitrogens with one attached hydrogen (secondary N) is 1. The molecular formula is C18H21N5O4S. The van der Waals surface area contributed by atoms with Crippen LogP contribution in [0.1, 0.15) is 41.2 Å². The van der Waals surface area contributed by atoms with Crippen molar-refractivity contribution in [3.8, 4) is 5.88 Å². The maximum absolute atomic E-state index is 12.9. The first-order chi connectivity index (χ1) is 13.4. The van der Waals surface area contributed by atoms with Gasteiger partial charge in [-0.15, -0.1) is 4.36 Å². The number of nitrogens with zero attached hydrogens (tertiary/aromatic N) is 3. The largest absolute Gasteiger partial charge is 0.475 e. The quantitative estimate of drug-likeness (QED) is 0.702. The zero-order valence-corrected chi connectivity index (χ0v) is 16.0. The fourth-order valence-corrected chi connectivity index (χ4v) is 5.36. The summed E-state index contributed by atoms with van der Waals surface area (Å²) in [5, 5.41) is 23.0. The van der Waals surface area contributed by atoms with Gasteiger partial charge in [0.1, 0.15) is 11.5 Å². The number of nitrogens with two attached hydrogens (primary N) is 1. The third-order valence-electron chi connectivity index (χ3n) is 5.64. The van der Waals surface area contributed by atoms with E-state index in [1.807, 2.05) is 0 Å². The summed E-state index contributed by atoms with van der Waals surface area (Å²) in [5.41, 5.74) is 4.73. The maximum Gasteiger partial charge on any atom is 0.354 e. The van der Waals surface area contributed by atoms with Gasteiger partial charge in [-0.1, -0.05) is 6.07 Å². The molecule has 2 aliphatic carbocycles. The number of aryl methyl sites for hydroxylation is 1. The average Bonchev–Trinajstić information content (AvgIpc) is 3.38. The first-order valence-electron chi connectivity index (χ1n) is 9.34. The number of carbonyl (C=O) groups is 1. The molecule has 2 heterocycles. The van der Waals surface area contributed by atoms with Crippen LogP contribution in [-0.2, 0) is 35.7 Å². The second-order valence-electron chi connectivity index (χ2n) is 7.34. The third kappa shape index (κ3) is 2.71. The number of fused-ring (bicyclic) bond motifs is 3. The molecule has 0 saturated carbocycles. The molecule has 0 bridgehead atoms. The van der Waals surface area contributed by atoms with Gasteiger partial charge in [-0.2, -0.15) is 5.10 Å². The lowest BCUT2D eigenvalue weighted by atomic mass is 9.98. The number of amides is 2. The van der Waals surface area contributed by atoms with E-state index in [1.165, 1.54) is 6.20 Å². The van der Waals surface area contributed by atoms with Gasteiger partial charge >= 0.3 is 6.03 Å². The summed E-state index contributed by atoms with van der Waals surface area (Å²) < 4.78 is 23.6. The number of aliphatic hydroxyl groups excluding tert-OH is 1. The number of aliphatic hydroxyl groups is 1. The Morgan fingerprint density at radius 3 is 3.11 bits per heavy atom. The Bertz CT molecular complexity index is 1120. The lowest BCUT2D eigenvalue weighted by Gasteiger charge is -2.16. The fourth-order valence-electron chi connectivity index (χ4n) is 4.36. The number of hydrogen-bond acceptors (Lipinski definition) is 5. The summed E-state index contributed by atoms with van der Waals surface area (Å²) in [6.45, 7) is 0.962. The smallest absolute Gasteiger partial charge is 0.354 e. The molecule has 1 aromatic heterocycles. The van der Waals surface area contributed by atoms with E-state index in [-0.39, 0.29) is 4.90 Å². The van der Waals surface area contributed by atoms with Crippen LogP contribution in [0.2, 0.25) is 0 Å². The van der Waals surface area contributed by atoms with Crippen molar-refractivity contribution in [1.82, 2.24) is 9.78 Å². The third-order valence-corrected chi connectivity index (χ3v) is 6.98. The zero-order valence-electron chi connectivity index (χ0n) is 15.2. The van der Waals surface area contributed by atoms with Crippen molar-refractivity contribution < 1.29 is 18.8 Å². The van der Waals surface area contributed by atoms with Crippen molar-refractivity contribution in [2.24, 2.45) is 9.50 Å². The van der Waals surface area contributed by atoms with Crippen LogP contribution in [-0.4, -0.2) is 31.7 Å². The molecule has 28 heavy (non-hydrogen) atoms. The highest BCUT2D eigenvalue weighted by atomic mass is 32.2. The van der Waals surface area contributed by atoms with Gasteiger partial charge in [0.15, 0.2) is 9.92 Å². The number of rotatable bonds is 2. The minimum absolute atomic E-state index is 0.124. The second kappa shape index (κ2) is 6.29. The molecular weight excluding hydrogens is 382 g/mol. The molecule has 0 spiro atoms. The van der Waals surface area contributed by atoms with Crippen molar-refractivity contribution in [1.29, 1.82) is 0 Å². The summed E-state index contributed by atoms with van der Waals surface area (Å²) in [7, 11) is -3.50. The summed E-state index contributed by atoms with van der Waals surface area (Å²) in [6.07, 6.45) is 4.91. The molecule has 148 valence electrons. The van der Waals surface area contributed by atoms with Gasteiger partial charge in [0.25, 0.3) is 0 Å². The molecule has 3 aliphatic rings. The number of carbonyl (C=O) groups excluding carboxylic acids is 1. The predicted molar refractivity (Wildman–Crippen MR) is 102 cm³/mol. The molecule has 0 radical (unpaired) electrons. The van der Waals surface area contributed by atoms with Gasteiger partial charge in [0, 0.05) is 5.69 Å². The normalized spacial score (nSPS) is 21.4. The maximum atomic E-state index is 12.9. The van der Waals surface area contributed by atoms with Gasteiger partial charge < -0.3 is 15.2 Å². The Morgan fingerprint density at radius 2 is 2.25 bits per heavy atom. The Balaban J connectivity index is 1.51. The van der Waals surface area contributed by atoms with E-state index in [4.69, 9.17) is 9.88 Å². The molecule has 0 fully saturated rings. The van der Waals surface area contributed by atoms with Crippen LogP contribution in [0.15, 0.2) is 21.5 Å². The van der Waals surface area contributed by atoms with Crippen molar-refractivity contribution >= 4 is 21.6 Å². The lowest BCUT2D eigenvalue weighted by molar-refractivity contribution is 0.180. The Kier molecular flexibility index (Phi) is 3.97. The van der Waals surface area contributed by atoms with Crippen molar-refractivity contribution in [2.45, 2.75) is 49.6 Å². The minimum Gasteiger partial charge on any atom is -0.475 e. The van der Waals surface area contributed by atoms with Crippen LogP contribution in [0.3, 0.4) is 0 Å².